The molecule has 0 saturated carbocycles. The van der Waals surface area contributed by atoms with Crippen molar-refractivity contribution in [2.75, 3.05) is 0 Å². The monoisotopic (exact) mass is 175 g/mol. The molecule has 1 heterocycles. The second-order valence-corrected chi connectivity index (χ2v) is 3.44. The zero-order chi connectivity index (χ0) is 9.42. The average molecular weight is 175 g/mol. The van der Waals surface area contributed by atoms with E-state index in [0.29, 0.717) is 0 Å². The molecule has 2 heteroatoms. The summed E-state index contributed by atoms with van der Waals surface area (Å²) in [6, 6.07) is 6.26. The fraction of sp³-hybridized carbons (Fsp3) is 0.273. The molecule has 68 valence electrons. The minimum absolute atomic E-state index is 0.0490. The number of fused-ring (bicyclic) bond motifs is 1. The molecular formula is C11H13NO. The van der Waals surface area contributed by atoms with Crippen molar-refractivity contribution in [3.63, 3.8) is 0 Å². The van der Waals surface area contributed by atoms with Gasteiger partial charge >= 0.3 is 0 Å². The Morgan fingerprint density at radius 3 is 2.77 bits per heavy atom. The molecule has 0 amide bonds. The van der Waals surface area contributed by atoms with Crippen LogP contribution in [-0.2, 0) is 6.73 Å². The summed E-state index contributed by atoms with van der Waals surface area (Å²) in [6.45, 7) is 4.19. The molecular weight excluding hydrogens is 162 g/mol. The normalized spacial score (nSPS) is 11.0. The molecule has 0 aliphatic carbocycles. The predicted molar refractivity (Wildman–Crippen MR) is 53.6 cm³/mol. The molecule has 0 aliphatic heterocycles. The van der Waals surface area contributed by atoms with Crippen LogP contribution in [0, 0.1) is 13.8 Å². The van der Waals surface area contributed by atoms with E-state index in [1.54, 1.807) is 0 Å². The number of nitrogens with zero attached hydrogens (tertiary/aromatic N) is 1. The van der Waals surface area contributed by atoms with Gasteiger partial charge in [-0.1, -0.05) is 11.6 Å². The summed E-state index contributed by atoms with van der Waals surface area (Å²) >= 11 is 0. The summed E-state index contributed by atoms with van der Waals surface area (Å²) in [5.74, 6) is 0. The van der Waals surface area contributed by atoms with E-state index < -0.39 is 0 Å². The zero-order valence-electron chi connectivity index (χ0n) is 7.91. The van der Waals surface area contributed by atoms with Gasteiger partial charge in [-0.15, -0.1) is 0 Å². The number of aromatic nitrogens is 1. The van der Waals surface area contributed by atoms with E-state index >= 15 is 0 Å². The van der Waals surface area contributed by atoms with Gasteiger partial charge in [0, 0.05) is 11.6 Å². The van der Waals surface area contributed by atoms with E-state index in [1.165, 1.54) is 16.5 Å². The molecule has 0 radical (unpaired) electrons. The van der Waals surface area contributed by atoms with Crippen molar-refractivity contribution in [1.82, 2.24) is 4.57 Å². The molecule has 2 nitrogen and oxygen atoms in total. The predicted octanol–water partition coefficient (Wildman–Crippen LogP) is 2.21. The van der Waals surface area contributed by atoms with Gasteiger partial charge in [-0.3, -0.25) is 0 Å². The van der Waals surface area contributed by atoms with E-state index in [0.717, 1.165) is 5.52 Å². The van der Waals surface area contributed by atoms with E-state index in [9.17, 15) is 0 Å². The maximum atomic E-state index is 9.08. The van der Waals surface area contributed by atoms with Crippen LogP contribution < -0.4 is 0 Å². The summed E-state index contributed by atoms with van der Waals surface area (Å²) in [6.07, 6.45) is 1.98. The first kappa shape index (κ1) is 8.32. The Bertz CT molecular complexity index is 443. The standard InChI is InChI=1S/C11H13NO/c1-8-3-4-11-10(5-8)9(2)6-12(11)7-13/h3-6,13H,7H2,1-2H3. The Hall–Kier alpha value is -1.28. The summed E-state index contributed by atoms with van der Waals surface area (Å²) in [7, 11) is 0. The van der Waals surface area contributed by atoms with Gasteiger partial charge in [0.25, 0.3) is 0 Å². The molecule has 0 saturated heterocycles. The van der Waals surface area contributed by atoms with Crippen molar-refractivity contribution in [2.45, 2.75) is 20.6 Å². The fourth-order valence-electron chi connectivity index (χ4n) is 1.71. The van der Waals surface area contributed by atoms with Crippen LogP contribution in [0.3, 0.4) is 0 Å². The van der Waals surface area contributed by atoms with Crippen LogP contribution in [-0.4, -0.2) is 9.67 Å². The van der Waals surface area contributed by atoms with E-state index in [2.05, 4.69) is 26.0 Å². The molecule has 2 aromatic rings. The van der Waals surface area contributed by atoms with Crippen molar-refractivity contribution < 1.29 is 5.11 Å². The highest BCUT2D eigenvalue weighted by Gasteiger charge is 2.03. The lowest BCUT2D eigenvalue weighted by atomic mass is 10.1. The Morgan fingerprint density at radius 1 is 1.31 bits per heavy atom. The molecule has 0 aliphatic rings. The molecule has 2 rings (SSSR count). The molecule has 1 N–H and O–H groups in total. The lowest BCUT2D eigenvalue weighted by Gasteiger charge is -1.99. The number of hydrogen-bond donors (Lipinski definition) is 1. The van der Waals surface area contributed by atoms with Crippen molar-refractivity contribution >= 4 is 10.9 Å². The van der Waals surface area contributed by atoms with E-state index in [-0.39, 0.29) is 6.73 Å². The highest BCUT2D eigenvalue weighted by Crippen LogP contribution is 2.21. The maximum Gasteiger partial charge on any atom is 0.119 e. The molecule has 0 bridgehead atoms. The topological polar surface area (TPSA) is 25.2 Å². The number of aliphatic hydroxyl groups excluding tert-OH is 1. The third kappa shape index (κ3) is 1.23. The first-order chi connectivity index (χ1) is 6.22. The zero-order valence-corrected chi connectivity index (χ0v) is 7.91. The molecule has 1 aromatic carbocycles. The third-order valence-electron chi connectivity index (χ3n) is 2.39. The summed E-state index contributed by atoms with van der Waals surface area (Å²) in [4.78, 5) is 0. The molecule has 0 unspecified atom stereocenters. The Labute approximate surface area is 77.4 Å². The second-order valence-electron chi connectivity index (χ2n) is 3.44. The van der Waals surface area contributed by atoms with Crippen LogP contribution in [0.15, 0.2) is 24.4 Å². The van der Waals surface area contributed by atoms with Crippen molar-refractivity contribution in [3.05, 3.63) is 35.5 Å². The fourth-order valence-corrected chi connectivity index (χ4v) is 1.71. The first-order valence-corrected chi connectivity index (χ1v) is 4.39. The highest BCUT2D eigenvalue weighted by atomic mass is 16.3. The van der Waals surface area contributed by atoms with Crippen LogP contribution in [0.1, 0.15) is 11.1 Å². The minimum atomic E-state index is 0.0490. The molecule has 0 spiro atoms. The van der Waals surface area contributed by atoms with Gasteiger partial charge in [-0.2, -0.15) is 0 Å². The number of rotatable bonds is 1. The highest BCUT2D eigenvalue weighted by molar-refractivity contribution is 5.84. The lowest BCUT2D eigenvalue weighted by Crippen LogP contribution is -1.92. The average Bonchev–Trinajstić information content (AvgIpc) is 2.43. The molecule has 1 aromatic heterocycles. The summed E-state index contributed by atoms with van der Waals surface area (Å²) < 4.78 is 1.85. The van der Waals surface area contributed by atoms with Crippen LogP contribution in [0.25, 0.3) is 10.9 Å². The van der Waals surface area contributed by atoms with E-state index in [1.807, 2.05) is 16.8 Å². The number of aliphatic hydroxyl groups is 1. The lowest BCUT2D eigenvalue weighted by molar-refractivity contribution is 0.215. The van der Waals surface area contributed by atoms with Gasteiger partial charge in [0.15, 0.2) is 0 Å². The van der Waals surface area contributed by atoms with E-state index in [4.69, 9.17) is 5.11 Å². The van der Waals surface area contributed by atoms with Crippen LogP contribution in [0.4, 0.5) is 0 Å². The maximum absolute atomic E-state index is 9.08. The first-order valence-electron chi connectivity index (χ1n) is 4.39. The summed E-state index contributed by atoms with van der Waals surface area (Å²) in [5.41, 5.74) is 3.57. The molecule has 13 heavy (non-hydrogen) atoms. The van der Waals surface area contributed by atoms with Crippen LogP contribution in [0.2, 0.25) is 0 Å². The Kier molecular flexibility index (Phi) is 1.85. The van der Waals surface area contributed by atoms with Gasteiger partial charge in [-0.05, 0) is 31.5 Å². The Balaban J connectivity index is 2.80. The van der Waals surface area contributed by atoms with Gasteiger partial charge < -0.3 is 9.67 Å². The number of benzene rings is 1. The van der Waals surface area contributed by atoms with Crippen molar-refractivity contribution in [2.24, 2.45) is 0 Å². The number of hydrogen-bond acceptors (Lipinski definition) is 1. The Morgan fingerprint density at radius 2 is 2.08 bits per heavy atom. The van der Waals surface area contributed by atoms with Crippen LogP contribution in [0.5, 0.6) is 0 Å². The van der Waals surface area contributed by atoms with Gasteiger partial charge in [0.05, 0.1) is 5.52 Å². The quantitative estimate of drug-likeness (QED) is 0.706. The smallest absolute Gasteiger partial charge is 0.119 e. The minimum Gasteiger partial charge on any atom is -0.376 e. The van der Waals surface area contributed by atoms with Crippen molar-refractivity contribution in [3.8, 4) is 0 Å². The number of aryl methyl sites for hydroxylation is 2. The summed E-state index contributed by atoms with van der Waals surface area (Å²) in [5, 5.41) is 10.3. The molecule has 0 fully saturated rings. The largest absolute Gasteiger partial charge is 0.376 e. The SMILES string of the molecule is Cc1ccc2c(c1)c(C)cn2CO. The third-order valence-corrected chi connectivity index (χ3v) is 2.39. The van der Waals surface area contributed by atoms with Gasteiger partial charge in [0.1, 0.15) is 6.73 Å². The van der Waals surface area contributed by atoms with Crippen molar-refractivity contribution in [1.29, 1.82) is 0 Å². The second kappa shape index (κ2) is 2.89. The van der Waals surface area contributed by atoms with Gasteiger partial charge in [0.2, 0.25) is 0 Å². The van der Waals surface area contributed by atoms with Gasteiger partial charge in [-0.25, -0.2) is 0 Å². The van der Waals surface area contributed by atoms with Crippen LogP contribution >= 0.6 is 0 Å². The molecule has 0 atom stereocenters.